The third kappa shape index (κ3) is 1.58. The lowest BCUT2D eigenvalue weighted by Gasteiger charge is -2.09. The van der Waals surface area contributed by atoms with E-state index in [0.29, 0.717) is 6.04 Å². The fourth-order valence-corrected chi connectivity index (χ4v) is 1.56. The first kappa shape index (κ1) is 9.06. The van der Waals surface area contributed by atoms with Gasteiger partial charge >= 0.3 is 0 Å². The first-order valence-electron chi connectivity index (χ1n) is 4.75. The maximum Gasteiger partial charge on any atom is 0.132 e. The Bertz CT molecular complexity index is 360. The van der Waals surface area contributed by atoms with E-state index in [-0.39, 0.29) is 0 Å². The lowest BCUT2D eigenvalue weighted by Crippen LogP contribution is -2.27. The van der Waals surface area contributed by atoms with Crippen molar-refractivity contribution in [3.63, 3.8) is 0 Å². The molecule has 0 fully saturated rings. The largest absolute Gasteiger partial charge is 0.496 e. The zero-order valence-corrected chi connectivity index (χ0v) is 8.45. The summed E-state index contributed by atoms with van der Waals surface area (Å²) in [4.78, 5) is 4.42. The van der Waals surface area contributed by atoms with Crippen LogP contribution in [0.2, 0.25) is 0 Å². The van der Waals surface area contributed by atoms with Crippen LogP contribution in [0.15, 0.2) is 29.3 Å². The summed E-state index contributed by atoms with van der Waals surface area (Å²) in [6, 6.07) is 8.34. The Morgan fingerprint density at radius 3 is 2.86 bits per heavy atom. The minimum atomic E-state index is 0.426. The van der Waals surface area contributed by atoms with E-state index in [0.717, 1.165) is 23.7 Å². The van der Waals surface area contributed by atoms with Crippen molar-refractivity contribution in [2.45, 2.75) is 13.0 Å². The topological polar surface area (TPSA) is 33.6 Å². The van der Waals surface area contributed by atoms with Crippen molar-refractivity contribution in [2.24, 2.45) is 4.99 Å². The highest BCUT2D eigenvalue weighted by molar-refractivity contribution is 6.02. The average molecular weight is 190 g/mol. The van der Waals surface area contributed by atoms with Crippen LogP contribution in [0.25, 0.3) is 0 Å². The molecule has 1 aromatic rings. The number of amidine groups is 1. The van der Waals surface area contributed by atoms with Gasteiger partial charge in [0, 0.05) is 6.04 Å². The van der Waals surface area contributed by atoms with Gasteiger partial charge in [-0.3, -0.25) is 4.99 Å². The number of nitrogens with one attached hydrogen (secondary N) is 1. The zero-order chi connectivity index (χ0) is 9.97. The molecule has 1 N–H and O–H groups in total. The van der Waals surface area contributed by atoms with Crippen molar-refractivity contribution >= 4 is 5.84 Å². The van der Waals surface area contributed by atoms with Crippen molar-refractivity contribution in [3.8, 4) is 5.75 Å². The molecule has 0 saturated heterocycles. The van der Waals surface area contributed by atoms with Crippen LogP contribution >= 0.6 is 0 Å². The van der Waals surface area contributed by atoms with Crippen molar-refractivity contribution < 1.29 is 4.74 Å². The fourth-order valence-electron chi connectivity index (χ4n) is 1.56. The highest BCUT2D eigenvalue weighted by Gasteiger charge is 2.16. The summed E-state index contributed by atoms with van der Waals surface area (Å²) in [5, 5.41) is 3.31. The number of nitrogens with zero attached hydrogens (tertiary/aromatic N) is 1. The van der Waals surface area contributed by atoms with Gasteiger partial charge in [0.25, 0.3) is 0 Å². The summed E-state index contributed by atoms with van der Waals surface area (Å²) in [7, 11) is 1.68. The minimum absolute atomic E-state index is 0.426. The van der Waals surface area contributed by atoms with Crippen molar-refractivity contribution in [3.05, 3.63) is 29.8 Å². The summed E-state index contributed by atoms with van der Waals surface area (Å²) < 4.78 is 5.27. The molecule has 1 aromatic carbocycles. The summed E-state index contributed by atoms with van der Waals surface area (Å²) in [5.74, 6) is 1.81. The second kappa shape index (κ2) is 3.70. The predicted octanol–water partition coefficient (Wildman–Crippen LogP) is 1.43. The van der Waals surface area contributed by atoms with E-state index in [1.54, 1.807) is 7.11 Å². The van der Waals surface area contributed by atoms with E-state index in [2.05, 4.69) is 17.2 Å². The van der Waals surface area contributed by atoms with E-state index >= 15 is 0 Å². The number of ether oxygens (including phenoxy) is 1. The Hall–Kier alpha value is -1.51. The van der Waals surface area contributed by atoms with Crippen LogP contribution in [0.4, 0.5) is 0 Å². The van der Waals surface area contributed by atoms with Crippen LogP contribution in [-0.2, 0) is 0 Å². The molecule has 1 aliphatic heterocycles. The van der Waals surface area contributed by atoms with Gasteiger partial charge < -0.3 is 10.1 Å². The molecule has 1 heterocycles. The Morgan fingerprint density at radius 1 is 1.43 bits per heavy atom. The van der Waals surface area contributed by atoms with Gasteiger partial charge in [-0.15, -0.1) is 0 Å². The van der Waals surface area contributed by atoms with E-state index in [4.69, 9.17) is 4.74 Å². The summed E-state index contributed by atoms with van der Waals surface area (Å²) in [6.45, 7) is 2.96. The molecule has 0 aliphatic carbocycles. The normalized spacial score (nSPS) is 20.1. The molecule has 0 aromatic heterocycles. The molecule has 3 heteroatoms. The van der Waals surface area contributed by atoms with E-state index < -0.39 is 0 Å². The quantitative estimate of drug-likeness (QED) is 0.765. The molecular weight excluding hydrogens is 176 g/mol. The maximum atomic E-state index is 5.27. The molecule has 3 nitrogen and oxygen atoms in total. The standard InChI is InChI=1S/C11H14N2O/c1-8-7-12-11(13-8)9-5-3-4-6-10(9)14-2/h3-6,8H,7H2,1-2H3,(H,12,13). The Labute approximate surface area is 83.8 Å². The van der Waals surface area contributed by atoms with Crippen molar-refractivity contribution in [1.29, 1.82) is 0 Å². The molecule has 1 atom stereocenters. The number of para-hydroxylation sites is 1. The van der Waals surface area contributed by atoms with Crippen LogP contribution in [0.5, 0.6) is 5.75 Å². The summed E-state index contributed by atoms with van der Waals surface area (Å²) in [6.07, 6.45) is 0. The number of hydrogen-bond acceptors (Lipinski definition) is 3. The van der Waals surface area contributed by atoms with Crippen molar-refractivity contribution in [1.82, 2.24) is 5.32 Å². The monoisotopic (exact) mass is 190 g/mol. The van der Waals surface area contributed by atoms with Crippen molar-refractivity contribution in [2.75, 3.05) is 13.7 Å². The van der Waals surface area contributed by atoms with E-state index in [1.807, 2.05) is 24.3 Å². The first-order valence-corrected chi connectivity index (χ1v) is 4.75. The van der Waals surface area contributed by atoms with Crippen LogP contribution in [0.1, 0.15) is 12.5 Å². The number of hydrogen-bond donors (Lipinski definition) is 1. The molecule has 0 saturated carbocycles. The van der Waals surface area contributed by atoms with Crippen LogP contribution in [0.3, 0.4) is 0 Å². The number of aliphatic imine (C=N–C) groups is 1. The average Bonchev–Trinajstić information content (AvgIpc) is 2.65. The lowest BCUT2D eigenvalue weighted by atomic mass is 10.2. The van der Waals surface area contributed by atoms with Gasteiger partial charge in [-0.2, -0.15) is 0 Å². The third-order valence-corrected chi connectivity index (χ3v) is 2.27. The molecular formula is C11H14N2O. The highest BCUT2D eigenvalue weighted by Crippen LogP contribution is 2.19. The lowest BCUT2D eigenvalue weighted by molar-refractivity contribution is 0.413. The first-order chi connectivity index (χ1) is 6.81. The molecule has 0 spiro atoms. The molecule has 1 unspecified atom stereocenters. The van der Waals surface area contributed by atoms with Crippen LogP contribution in [0, 0.1) is 0 Å². The smallest absolute Gasteiger partial charge is 0.132 e. The second-order valence-electron chi connectivity index (χ2n) is 3.43. The number of rotatable bonds is 2. The third-order valence-electron chi connectivity index (χ3n) is 2.27. The molecule has 14 heavy (non-hydrogen) atoms. The molecule has 0 radical (unpaired) electrons. The van der Waals surface area contributed by atoms with Crippen LogP contribution in [-0.4, -0.2) is 25.5 Å². The predicted molar refractivity (Wildman–Crippen MR) is 57.0 cm³/mol. The molecule has 1 aliphatic rings. The van der Waals surface area contributed by atoms with Gasteiger partial charge in [0.1, 0.15) is 11.6 Å². The highest BCUT2D eigenvalue weighted by atomic mass is 16.5. The minimum Gasteiger partial charge on any atom is -0.496 e. The molecule has 74 valence electrons. The van der Waals surface area contributed by atoms with Gasteiger partial charge in [0.15, 0.2) is 0 Å². The fraction of sp³-hybridized carbons (Fsp3) is 0.364. The Balaban J connectivity index is 2.32. The SMILES string of the molecule is COc1ccccc1C1=NCC(C)N1. The van der Waals surface area contributed by atoms with Gasteiger partial charge in [0.2, 0.25) is 0 Å². The number of benzene rings is 1. The van der Waals surface area contributed by atoms with Crippen LogP contribution < -0.4 is 10.1 Å². The Kier molecular flexibility index (Phi) is 2.39. The molecule has 0 amide bonds. The van der Waals surface area contributed by atoms with Gasteiger partial charge in [0.05, 0.1) is 19.2 Å². The molecule has 2 rings (SSSR count). The van der Waals surface area contributed by atoms with E-state index in [1.165, 1.54) is 0 Å². The zero-order valence-electron chi connectivity index (χ0n) is 8.45. The maximum absolute atomic E-state index is 5.27. The summed E-state index contributed by atoms with van der Waals surface area (Å²) in [5.41, 5.74) is 1.04. The van der Waals surface area contributed by atoms with E-state index in [9.17, 15) is 0 Å². The second-order valence-corrected chi connectivity index (χ2v) is 3.43. The van der Waals surface area contributed by atoms with Gasteiger partial charge in [-0.1, -0.05) is 12.1 Å². The molecule has 0 bridgehead atoms. The van der Waals surface area contributed by atoms with Gasteiger partial charge in [-0.05, 0) is 19.1 Å². The summed E-state index contributed by atoms with van der Waals surface area (Å²) >= 11 is 0. The number of methoxy groups -OCH3 is 1. The Morgan fingerprint density at radius 2 is 2.21 bits per heavy atom. The van der Waals surface area contributed by atoms with Gasteiger partial charge in [-0.25, -0.2) is 0 Å².